The number of halogens is 3. The van der Waals surface area contributed by atoms with Crippen LogP contribution in [-0.4, -0.2) is 30.1 Å². The fourth-order valence-corrected chi connectivity index (χ4v) is 4.22. The summed E-state index contributed by atoms with van der Waals surface area (Å²) >= 11 is 1.27. The van der Waals surface area contributed by atoms with E-state index in [0.717, 1.165) is 22.6 Å². The van der Waals surface area contributed by atoms with Crippen molar-refractivity contribution in [2.45, 2.75) is 32.6 Å². The maximum atomic E-state index is 12.7. The molecule has 2 amide bonds. The molecular weight excluding hydrogens is 393 g/mol. The first-order chi connectivity index (χ1) is 13.2. The lowest BCUT2D eigenvalue weighted by Gasteiger charge is -2.22. The summed E-state index contributed by atoms with van der Waals surface area (Å²) < 4.78 is 43.2. The zero-order valence-corrected chi connectivity index (χ0v) is 16.1. The Bertz CT molecular complexity index is 878. The second kappa shape index (κ2) is 7.83. The van der Waals surface area contributed by atoms with Gasteiger partial charge in [0.1, 0.15) is 4.88 Å². The van der Waals surface area contributed by atoms with Crippen molar-refractivity contribution >= 4 is 23.3 Å². The highest BCUT2D eigenvalue weighted by atomic mass is 32.1. The predicted octanol–water partition coefficient (Wildman–Crippen LogP) is 4.52. The second-order valence-corrected chi connectivity index (χ2v) is 7.49. The van der Waals surface area contributed by atoms with Crippen molar-refractivity contribution in [3.8, 4) is 0 Å². The Labute approximate surface area is 164 Å². The smallest absolute Gasteiger partial charge is 0.416 e. The van der Waals surface area contributed by atoms with E-state index in [9.17, 15) is 22.8 Å². The number of carbonyl (C=O) groups excluding carboxylic acids is 2. The minimum Gasteiger partial charge on any atom is -0.462 e. The van der Waals surface area contributed by atoms with Gasteiger partial charge in [-0.15, -0.1) is 11.3 Å². The number of alkyl halides is 3. The summed E-state index contributed by atoms with van der Waals surface area (Å²) in [5.74, 6) is -0.400. The molecule has 2 heterocycles. The second-order valence-electron chi connectivity index (χ2n) is 6.41. The molecule has 1 aliphatic rings. The van der Waals surface area contributed by atoms with Crippen LogP contribution < -0.4 is 5.32 Å². The van der Waals surface area contributed by atoms with E-state index in [0.29, 0.717) is 17.0 Å². The topological polar surface area (TPSA) is 58.6 Å². The predicted molar refractivity (Wildman–Crippen MR) is 98.1 cm³/mol. The first-order valence-electron chi connectivity index (χ1n) is 8.68. The summed E-state index contributed by atoms with van der Waals surface area (Å²) in [6.07, 6.45) is -4.40. The van der Waals surface area contributed by atoms with Crippen LogP contribution in [-0.2, 0) is 17.5 Å². The Kier molecular flexibility index (Phi) is 5.64. The van der Waals surface area contributed by atoms with E-state index >= 15 is 0 Å². The van der Waals surface area contributed by atoms with E-state index in [-0.39, 0.29) is 25.2 Å². The van der Waals surface area contributed by atoms with Crippen LogP contribution in [0.4, 0.5) is 18.0 Å². The molecular formula is C19H19F3N2O3S. The maximum Gasteiger partial charge on any atom is 0.416 e. The number of nitrogens with one attached hydrogen (secondary N) is 1. The van der Waals surface area contributed by atoms with Crippen LogP contribution in [0.2, 0.25) is 0 Å². The van der Waals surface area contributed by atoms with Crippen LogP contribution in [0.25, 0.3) is 0 Å². The van der Waals surface area contributed by atoms with Gasteiger partial charge in [0.25, 0.3) is 0 Å². The molecule has 3 rings (SSSR count). The molecule has 1 aliphatic heterocycles. The van der Waals surface area contributed by atoms with Crippen LogP contribution in [0, 0.1) is 6.92 Å². The van der Waals surface area contributed by atoms with E-state index in [2.05, 4.69) is 5.32 Å². The fraction of sp³-hybridized carbons (Fsp3) is 0.368. The van der Waals surface area contributed by atoms with Crippen LogP contribution >= 0.6 is 11.3 Å². The third-order valence-corrected chi connectivity index (χ3v) is 5.76. The number of amides is 2. The van der Waals surface area contributed by atoms with Crippen molar-refractivity contribution in [2.75, 3.05) is 13.2 Å². The monoisotopic (exact) mass is 412 g/mol. The number of urea groups is 1. The van der Waals surface area contributed by atoms with Gasteiger partial charge < -0.3 is 15.0 Å². The van der Waals surface area contributed by atoms with Crippen LogP contribution in [0.3, 0.4) is 0 Å². The number of hydrogen-bond acceptors (Lipinski definition) is 4. The number of thiophene rings is 1. The average Bonchev–Trinajstić information content (AvgIpc) is 3.18. The third kappa shape index (κ3) is 4.14. The van der Waals surface area contributed by atoms with E-state index < -0.39 is 17.7 Å². The van der Waals surface area contributed by atoms with E-state index in [1.165, 1.54) is 23.5 Å². The van der Waals surface area contributed by atoms with Gasteiger partial charge in [0.05, 0.1) is 18.2 Å². The Morgan fingerprint density at radius 2 is 2.00 bits per heavy atom. The highest BCUT2D eigenvalue weighted by Crippen LogP contribution is 2.35. The number of carbonyl (C=O) groups is 2. The molecule has 0 aliphatic carbocycles. The molecule has 0 spiro atoms. The fourth-order valence-electron chi connectivity index (χ4n) is 3.04. The van der Waals surface area contributed by atoms with Crippen LogP contribution in [0.1, 0.15) is 44.2 Å². The lowest BCUT2D eigenvalue weighted by atomic mass is 10.1. The minimum atomic E-state index is -4.40. The molecule has 2 aromatic rings. The molecule has 1 aromatic carbocycles. The third-order valence-electron chi connectivity index (χ3n) is 4.44. The summed E-state index contributed by atoms with van der Waals surface area (Å²) in [5, 5.41) is 2.75. The molecule has 1 aromatic heterocycles. The van der Waals surface area contributed by atoms with E-state index in [4.69, 9.17) is 4.74 Å². The molecule has 1 atom stereocenters. The number of aryl methyl sites for hydroxylation is 1. The molecule has 5 nitrogen and oxygen atoms in total. The summed E-state index contributed by atoms with van der Waals surface area (Å²) in [7, 11) is 0. The van der Waals surface area contributed by atoms with Crippen molar-refractivity contribution in [2.24, 2.45) is 0 Å². The van der Waals surface area contributed by atoms with Gasteiger partial charge >= 0.3 is 18.2 Å². The molecule has 1 fully saturated rings. The minimum absolute atomic E-state index is 0.167. The lowest BCUT2D eigenvalue weighted by Crippen LogP contribution is -2.29. The number of hydrogen-bond donors (Lipinski definition) is 1. The summed E-state index contributed by atoms with van der Waals surface area (Å²) in [5.41, 5.74) is 0.632. The molecule has 0 radical (unpaired) electrons. The van der Waals surface area contributed by atoms with Crippen molar-refractivity contribution in [1.29, 1.82) is 0 Å². The van der Waals surface area contributed by atoms with Gasteiger partial charge in [0.2, 0.25) is 0 Å². The standard InChI is InChI=1S/C19H19F3N2O3S/c1-3-27-17(25)16-11(2)8-15(28-16)14-9-23-18(26)24(14)10-12-4-6-13(7-5-12)19(20,21)22/h4-8,14H,3,9-10H2,1-2H3,(H,23,26). The highest BCUT2D eigenvalue weighted by molar-refractivity contribution is 7.14. The Morgan fingerprint density at radius 1 is 1.32 bits per heavy atom. The highest BCUT2D eigenvalue weighted by Gasteiger charge is 2.34. The van der Waals surface area contributed by atoms with Gasteiger partial charge in [-0.3, -0.25) is 0 Å². The molecule has 9 heteroatoms. The maximum absolute atomic E-state index is 12.7. The van der Waals surface area contributed by atoms with Crippen molar-refractivity contribution < 1.29 is 27.5 Å². The number of nitrogens with zero attached hydrogens (tertiary/aromatic N) is 1. The Balaban J connectivity index is 1.80. The zero-order valence-electron chi connectivity index (χ0n) is 15.3. The van der Waals surface area contributed by atoms with Gasteiger partial charge in [-0.05, 0) is 43.2 Å². The molecule has 0 saturated carbocycles. The number of esters is 1. The van der Waals surface area contributed by atoms with Crippen LogP contribution in [0.5, 0.6) is 0 Å². The van der Waals surface area contributed by atoms with Gasteiger partial charge in [0, 0.05) is 18.0 Å². The largest absolute Gasteiger partial charge is 0.462 e. The van der Waals surface area contributed by atoms with Gasteiger partial charge in [-0.25, -0.2) is 9.59 Å². The van der Waals surface area contributed by atoms with E-state index in [1.54, 1.807) is 18.7 Å². The number of rotatable bonds is 5. The molecule has 28 heavy (non-hydrogen) atoms. The SMILES string of the molecule is CCOC(=O)c1sc(C2CNC(=O)N2Cc2ccc(C(F)(F)F)cc2)cc1C. The number of benzene rings is 1. The normalized spacial score (nSPS) is 17.0. The summed E-state index contributed by atoms with van der Waals surface area (Å²) in [4.78, 5) is 27.2. The van der Waals surface area contributed by atoms with Crippen molar-refractivity contribution in [1.82, 2.24) is 10.2 Å². The summed E-state index contributed by atoms with van der Waals surface area (Å²) in [6.45, 7) is 4.33. The van der Waals surface area contributed by atoms with Gasteiger partial charge in [-0.2, -0.15) is 13.2 Å². The zero-order chi connectivity index (χ0) is 20.5. The summed E-state index contributed by atoms with van der Waals surface area (Å²) in [6, 6.07) is 6.00. The average molecular weight is 412 g/mol. The van der Waals surface area contributed by atoms with Crippen LogP contribution in [0.15, 0.2) is 30.3 Å². The molecule has 1 saturated heterocycles. The Hall–Kier alpha value is -2.55. The first-order valence-corrected chi connectivity index (χ1v) is 9.50. The quantitative estimate of drug-likeness (QED) is 0.735. The first kappa shape index (κ1) is 20.2. The van der Waals surface area contributed by atoms with Gasteiger partial charge in [0.15, 0.2) is 0 Å². The Morgan fingerprint density at radius 3 is 2.61 bits per heavy atom. The van der Waals surface area contributed by atoms with E-state index in [1.807, 2.05) is 6.07 Å². The van der Waals surface area contributed by atoms with Crippen molar-refractivity contribution in [3.05, 3.63) is 56.8 Å². The molecule has 0 bridgehead atoms. The van der Waals surface area contributed by atoms with Crippen molar-refractivity contribution in [3.63, 3.8) is 0 Å². The lowest BCUT2D eigenvalue weighted by molar-refractivity contribution is -0.137. The molecule has 1 N–H and O–H groups in total. The van der Waals surface area contributed by atoms with Gasteiger partial charge in [-0.1, -0.05) is 12.1 Å². The molecule has 150 valence electrons. The number of ether oxygens (including phenoxy) is 1. The molecule has 1 unspecified atom stereocenters.